The van der Waals surface area contributed by atoms with E-state index in [1.54, 1.807) is 0 Å². The molecule has 94 valence electrons. The Kier molecular flexibility index (Phi) is 9.70. The van der Waals surface area contributed by atoms with E-state index in [1.165, 1.54) is 57.0 Å². The zero-order chi connectivity index (χ0) is 12.3. The molecule has 0 heterocycles. The molecule has 16 heavy (non-hydrogen) atoms. The lowest BCUT2D eigenvalue weighted by Gasteiger charge is -2.24. The van der Waals surface area contributed by atoms with Gasteiger partial charge in [0.1, 0.15) is 8.07 Å². The lowest BCUT2D eigenvalue weighted by molar-refractivity contribution is 0.652. The Morgan fingerprint density at radius 2 is 1.25 bits per heavy atom. The van der Waals surface area contributed by atoms with E-state index < -0.39 is 8.07 Å². The molecule has 0 aromatic heterocycles. The van der Waals surface area contributed by atoms with Crippen molar-refractivity contribution >= 4 is 8.07 Å². The molecule has 0 spiro atoms. The quantitative estimate of drug-likeness (QED) is 0.322. The van der Waals surface area contributed by atoms with E-state index in [0.29, 0.717) is 0 Å². The maximum Gasteiger partial charge on any atom is 0.100 e. The van der Waals surface area contributed by atoms with E-state index in [0.717, 1.165) is 0 Å². The van der Waals surface area contributed by atoms with Crippen molar-refractivity contribution in [2.75, 3.05) is 0 Å². The first-order valence-corrected chi connectivity index (χ1v) is 9.58. The van der Waals surface area contributed by atoms with Crippen LogP contribution in [0.3, 0.4) is 0 Å². The van der Waals surface area contributed by atoms with Crippen LogP contribution >= 0.6 is 0 Å². The summed E-state index contributed by atoms with van der Waals surface area (Å²) in [6, 6.07) is 2.74. The molecule has 0 atom stereocenters. The minimum atomic E-state index is -1.30. The number of hydrogen-bond donors (Lipinski definition) is 0. The van der Waals surface area contributed by atoms with E-state index in [4.69, 9.17) is 0 Å². The van der Waals surface area contributed by atoms with Gasteiger partial charge in [0.25, 0.3) is 0 Å². The minimum absolute atomic E-state index is 1.30. The third kappa shape index (κ3) is 6.32. The Bertz CT molecular complexity index is 176. The zero-order valence-corrected chi connectivity index (χ0v) is 12.4. The summed E-state index contributed by atoms with van der Waals surface area (Å²) in [7, 11) is -1.30. The molecule has 0 aliphatic rings. The van der Waals surface area contributed by atoms with Crippen molar-refractivity contribution in [1.82, 2.24) is 0 Å². The molecule has 1 heteroatoms. The molecular weight excluding hydrogens is 208 g/mol. The normalized spacial score (nSPS) is 11.4. The van der Waals surface area contributed by atoms with Gasteiger partial charge in [-0.1, -0.05) is 82.3 Å². The summed E-state index contributed by atoms with van der Waals surface area (Å²) in [5.74, 6) is 0. The van der Waals surface area contributed by atoms with Crippen LogP contribution < -0.4 is 0 Å². The van der Waals surface area contributed by atoms with Crippen LogP contribution in [0.4, 0.5) is 0 Å². The molecule has 0 radical (unpaired) electrons. The number of rotatable bonds is 11. The summed E-state index contributed by atoms with van der Waals surface area (Å²) < 4.78 is 0. The highest BCUT2D eigenvalue weighted by molar-refractivity contribution is 6.88. The van der Waals surface area contributed by atoms with Crippen molar-refractivity contribution in [3.05, 3.63) is 24.6 Å². The lowest BCUT2D eigenvalue weighted by Crippen LogP contribution is -2.28. The molecule has 0 aliphatic heterocycles. The van der Waals surface area contributed by atoms with Gasteiger partial charge in [0.2, 0.25) is 0 Å². The van der Waals surface area contributed by atoms with Crippen LogP contribution in [0.15, 0.2) is 24.6 Å². The Balaban J connectivity index is 3.91. The molecule has 0 rings (SSSR count). The first kappa shape index (κ1) is 15.7. The average molecular weight is 238 g/mol. The van der Waals surface area contributed by atoms with Gasteiger partial charge in [0, 0.05) is 0 Å². The second-order valence-electron chi connectivity index (χ2n) is 4.91. The van der Waals surface area contributed by atoms with Crippen LogP contribution in [0, 0.1) is 0 Å². The van der Waals surface area contributed by atoms with Crippen molar-refractivity contribution in [2.24, 2.45) is 0 Å². The fourth-order valence-electron chi connectivity index (χ4n) is 2.18. The Morgan fingerprint density at radius 1 is 0.750 bits per heavy atom. The third-order valence-electron chi connectivity index (χ3n) is 3.55. The molecule has 0 bridgehead atoms. The highest BCUT2D eigenvalue weighted by Gasteiger charge is 2.23. The van der Waals surface area contributed by atoms with Crippen molar-refractivity contribution < 1.29 is 0 Å². The van der Waals surface area contributed by atoms with E-state index in [2.05, 4.69) is 38.4 Å². The van der Waals surface area contributed by atoms with Crippen LogP contribution in [0.2, 0.25) is 12.1 Å². The van der Waals surface area contributed by atoms with Gasteiger partial charge in [-0.3, -0.25) is 0 Å². The minimum Gasteiger partial charge on any atom is -0.107 e. The van der Waals surface area contributed by atoms with Crippen LogP contribution in [0.1, 0.15) is 58.8 Å². The van der Waals surface area contributed by atoms with E-state index in [1.807, 2.05) is 0 Å². The first-order valence-electron chi connectivity index (χ1n) is 7.02. The summed E-state index contributed by atoms with van der Waals surface area (Å²) in [6.45, 7) is 12.7. The van der Waals surface area contributed by atoms with Gasteiger partial charge in [0.05, 0.1) is 0 Å². The maximum atomic E-state index is 4.06. The third-order valence-corrected chi connectivity index (χ3v) is 7.75. The van der Waals surface area contributed by atoms with Crippen LogP contribution in [0.25, 0.3) is 0 Å². The highest BCUT2D eigenvalue weighted by atomic mass is 28.3. The summed E-state index contributed by atoms with van der Waals surface area (Å²) in [5, 5.41) is 0. The van der Waals surface area contributed by atoms with E-state index >= 15 is 0 Å². The second kappa shape index (κ2) is 9.89. The van der Waals surface area contributed by atoms with Crippen LogP contribution in [-0.2, 0) is 0 Å². The fourth-order valence-corrected chi connectivity index (χ4v) is 5.33. The largest absolute Gasteiger partial charge is 0.107 e. The molecule has 0 saturated carbocycles. The molecular formula is C15H30Si. The smallest absolute Gasteiger partial charge is 0.100 e. The predicted octanol–water partition coefficient (Wildman–Crippen LogP) is 5.66. The van der Waals surface area contributed by atoms with Crippen molar-refractivity contribution in [3.63, 3.8) is 0 Å². The van der Waals surface area contributed by atoms with Crippen molar-refractivity contribution in [2.45, 2.75) is 70.9 Å². The molecule has 0 nitrogen and oxygen atoms in total. The van der Waals surface area contributed by atoms with Crippen LogP contribution in [0.5, 0.6) is 0 Å². The standard InChI is InChI=1S/C15H30Si/c1-5-9-11-12-13-15-16(7-3,8-4)14-10-6-2/h7-8H,3-6,9-15H2,1-2H3. The van der Waals surface area contributed by atoms with Gasteiger partial charge >= 0.3 is 0 Å². The van der Waals surface area contributed by atoms with Gasteiger partial charge in [-0.05, 0) is 0 Å². The second-order valence-corrected chi connectivity index (χ2v) is 9.19. The van der Waals surface area contributed by atoms with Gasteiger partial charge in [0.15, 0.2) is 0 Å². The summed E-state index contributed by atoms with van der Waals surface area (Å²) in [4.78, 5) is 0. The molecule has 0 aromatic carbocycles. The van der Waals surface area contributed by atoms with E-state index in [-0.39, 0.29) is 0 Å². The molecule has 0 saturated heterocycles. The number of hydrogen-bond acceptors (Lipinski definition) is 0. The fraction of sp³-hybridized carbons (Fsp3) is 0.733. The number of unbranched alkanes of at least 4 members (excludes halogenated alkanes) is 5. The summed E-state index contributed by atoms with van der Waals surface area (Å²) in [6.07, 6.45) is 9.56. The van der Waals surface area contributed by atoms with Crippen molar-refractivity contribution in [3.8, 4) is 0 Å². The van der Waals surface area contributed by atoms with Crippen molar-refractivity contribution in [1.29, 1.82) is 0 Å². The summed E-state index contributed by atoms with van der Waals surface area (Å²) >= 11 is 0. The van der Waals surface area contributed by atoms with Crippen LogP contribution in [-0.4, -0.2) is 8.07 Å². The molecule has 0 fully saturated rings. The topological polar surface area (TPSA) is 0 Å². The van der Waals surface area contributed by atoms with Gasteiger partial charge in [-0.15, -0.1) is 13.2 Å². The SMILES string of the molecule is C=C[Si](C=C)(CCCC)CCCCCCC. The molecule has 0 unspecified atom stereocenters. The van der Waals surface area contributed by atoms with Gasteiger partial charge < -0.3 is 0 Å². The Morgan fingerprint density at radius 3 is 1.75 bits per heavy atom. The molecule has 0 amide bonds. The molecule has 0 aliphatic carbocycles. The predicted molar refractivity (Wildman–Crippen MR) is 79.4 cm³/mol. The Hall–Kier alpha value is -0.303. The maximum absolute atomic E-state index is 4.06. The average Bonchev–Trinajstić information content (AvgIpc) is 2.33. The zero-order valence-electron chi connectivity index (χ0n) is 11.4. The Labute approximate surface area is 104 Å². The summed E-state index contributed by atoms with van der Waals surface area (Å²) in [5.41, 5.74) is 4.52. The monoisotopic (exact) mass is 238 g/mol. The molecule has 0 aromatic rings. The highest BCUT2D eigenvalue weighted by Crippen LogP contribution is 2.24. The molecule has 0 N–H and O–H groups in total. The van der Waals surface area contributed by atoms with E-state index in [9.17, 15) is 0 Å². The first-order chi connectivity index (χ1) is 7.74. The van der Waals surface area contributed by atoms with Gasteiger partial charge in [-0.25, -0.2) is 0 Å². The van der Waals surface area contributed by atoms with Gasteiger partial charge in [-0.2, -0.15) is 0 Å². The lowest BCUT2D eigenvalue weighted by atomic mass is 10.2.